The summed E-state index contributed by atoms with van der Waals surface area (Å²) in [5.74, 6) is 1.33. The van der Waals surface area contributed by atoms with Crippen LogP contribution in [0.3, 0.4) is 0 Å². The van der Waals surface area contributed by atoms with Crippen LogP contribution in [0.2, 0.25) is 0 Å². The molecule has 0 aromatic heterocycles. The maximum Gasteiger partial charge on any atom is 0.303 e. The van der Waals surface area contributed by atoms with Gasteiger partial charge in [-0.1, -0.05) is 143 Å². The van der Waals surface area contributed by atoms with Crippen molar-refractivity contribution in [2.45, 2.75) is 169 Å². The van der Waals surface area contributed by atoms with Gasteiger partial charge < -0.3 is 10.2 Å². The zero-order valence-electron chi connectivity index (χ0n) is 24.1. The van der Waals surface area contributed by atoms with Gasteiger partial charge in [0.15, 0.2) is 0 Å². The average molecular weight is 519 g/mol. The second-order valence-electron chi connectivity index (χ2n) is 9.47. The molecule has 0 rings (SSSR count). The maximum atomic E-state index is 9.37. The minimum atomic E-state index is -0.745. The molecule has 0 radical (unpaired) electrons. The Morgan fingerprint density at radius 3 is 0.829 bits per heavy atom. The predicted octanol–water partition coefficient (Wildman–Crippen LogP) is 10.5. The molecular weight excluding hydrogens is 456 g/mol. The normalized spacial score (nSPS) is 10.2. The molecule has 0 aromatic rings. The molecule has 0 atom stereocenters. The molecule has 212 valence electrons. The fourth-order valence-electron chi connectivity index (χ4n) is 3.49. The summed E-state index contributed by atoms with van der Waals surface area (Å²) in [5, 5.41) is 15.4. The van der Waals surface area contributed by atoms with E-state index in [9.17, 15) is 9.59 Å². The molecule has 0 saturated heterocycles. The van der Waals surface area contributed by atoms with Crippen LogP contribution in [-0.4, -0.2) is 33.7 Å². The van der Waals surface area contributed by atoms with Crippen molar-refractivity contribution >= 4 is 23.7 Å². The van der Waals surface area contributed by atoms with Gasteiger partial charge >= 0.3 is 11.9 Å². The number of carboxylic acids is 2. The zero-order chi connectivity index (χ0) is 26.8. The number of hydrogen-bond donors (Lipinski definition) is 2. The van der Waals surface area contributed by atoms with E-state index in [0.29, 0.717) is 0 Å². The van der Waals surface area contributed by atoms with Gasteiger partial charge in [-0.05, 0) is 24.3 Å². The minimum absolute atomic E-state index is 0.222. The third kappa shape index (κ3) is 51.0. The van der Waals surface area contributed by atoms with Gasteiger partial charge in [0.25, 0.3) is 0 Å². The van der Waals surface area contributed by atoms with E-state index < -0.39 is 11.9 Å². The van der Waals surface area contributed by atoms with Crippen molar-refractivity contribution in [3.05, 3.63) is 0 Å². The van der Waals surface area contributed by atoms with Crippen LogP contribution in [0.25, 0.3) is 0 Å². The van der Waals surface area contributed by atoms with Gasteiger partial charge in [0.1, 0.15) is 0 Å². The van der Waals surface area contributed by atoms with Crippen molar-refractivity contribution < 1.29 is 19.8 Å². The number of carboxylic acid groups (broad SMARTS) is 2. The summed E-state index contributed by atoms with van der Waals surface area (Å²) in [5.41, 5.74) is 0. The number of aliphatic carboxylic acids is 2. The van der Waals surface area contributed by atoms with E-state index in [-0.39, 0.29) is 12.8 Å². The molecule has 0 aliphatic heterocycles. The Balaban J connectivity index is -0.000000853. The highest BCUT2D eigenvalue weighted by atomic mass is 32.2. The van der Waals surface area contributed by atoms with Crippen molar-refractivity contribution in [3.63, 3.8) is 0 Å². The molecule has 5 heteroatoms. The predicted molar refractivity (Wildman–Crippen MR) is 157 cm³/mol. The van der Waals surface area contributed by atoms with E-state index in [4.69, 9.17) is 10.2 Å². The third-order valence-electron chi connectivity index (χ3n) is 5.89. The first-order valence-corrected chi connectivity index (χ1v) is 16.1. The Morgan fingerprint density at radius 1 is 0.429 bits per heavy atom. The molecule has 35 heavy (non-hydrogen) atoms. The lowest BCUT2D eigenvalue weighted by Crippen LogP contribution is -1.87. The van der Waals surface area contributed by atoms with Crippen LogP contribution in [0.5, 0.6) is 0 Å². The van der Waals surface area contributed by atoms with Gasteiger partial charge in [-0.25, -0.2) is 0 Å². The molecule has 0 spiro atoms. The summed E-state index contributed by atoms with van der Waals surface area (Å²) >= 11 is 2.21. The quantitative estimate of drug-likeness (QED) is 0.124. The van der Waals surface area contributed by atoms with Crippen LogP contribution < -0.4 is 0 Å². The maximum absolute atomic E-state index is 9.37. The van der Waals surface area contributed by atoms with Crippen LogP contribution in [0.4, 0.5) is 0 Å². The van der Waals surface area contributed by atoms with Gasteiger partial charge in [0, 0.05) is 12.8 Å². The standard InChI is InChI=1S/C24H50S.2C3H6O2/c1-3-5-7-9-11-13-15-17-19-21-23-25-24-22-20-18-16-14-12-10-8-6-4-2;2*1-2-3(4)5/h3-24H2,1-2H3;2*2H2,1H3,(H,4,5). The Kier molecular flexibility index (Phi) is 42.0. The SMILES string of the molecule is CCC(=O)O.CCC(=O)O.CCCCCCCCCCCCSCCCCCCCCCCCC. The molecule has 0 aromatic carbocycles. The highest BCUT2D eigenvalue weighted by molar-refractivity contribution is 7.99. The minimum Gasteiger partial charge on any atom is -0.481 e. The van der Waals surface area contributed by atoms with E-state index in [1.807, 2.05) is 0 Å². The van der Waals surface area contributed by atoms with Gasteiger partial charge in [0.2, 0.25) is 0 Å². The summed E-state index contributed by atoms with van der Waals surface area (Å²) in [6, 6.07) is 0. The van der Waals surface area contributed by atoms with Crippen molar-refractivity contribution in [3.8, 4) is 0 Å². The molecule has 0 aliphatic rings. The molecule has 4 nitrogen and oxygen atoms in total. The molecule has 0 unspecified atom stereocenters. The molecule has 0 aliphatic carbocycles. The monoisotopic (exact) mass is 518 g/mol. The summed E-state index contributed by atoms with van der Waals surface area (Å²) < 4.78 is 0. The lowest BCUT2D eigenvalue weighted by Gasteiger charge is -2.04. The van der Waals surface area contributed by atoms with Crippen LogP contribution in [-0.2, 0) is 9.59 Å². The van der Waals surface area contributed by atoms with Crippen LogP contribution in [0, 0.1) is 0 Å². The van der Waals surface area contributed by atoms with Crippen LogP contribution >= 0.6 is 11.8 Å². The number of carbonyl (C=O) groups is 2. The first-order valence-electron chi connectivity index (χ1n) is 15.0. The topological polar surface area (TPSA) is 74.6 Å². The van der Waals surface area contributed by atoms with E-state index in [1.54, 1.807) is 13.8 Å². The van der Waals surface area contributed by atoms with Crippen molar-refractivity contribution in [1.82, 2.24) is 0 Å². The Morgan fingerprint density at radius 2 is 0.629 bits per heavy atom. The summed E-state index contributed by atoms with van der Waals surface area (Å²) in [6.07, 6.45) is 29.6. The summed E-state index contributed by atoms with van der Waals surface area (Å²) in [7, 11) is 0. The Hall–Kier alpha value is -0.710. The lowest BCUT2D eigenvalue weighted by atomic mass is 10.1. The smallest absolute Gasteiger partial charge is 0.303 e. The second-order valence-corrected chi connectivity index (χ2v) is 10.7. The van der Waals surface area contributed by atoms with E-state index in [1.165, 1.54) is 140 Å². The molecule has 0 bridgehead atoms. The first-order chi connectivity index (χ1) is 17.0. The Bertz CT molecular complexity index is 366. The largest absolute Gasteiger partial charge is 0.481 e. The average Bonchev–Trinajstić information content (AvgIpc) is 2.85. The molecule has 2 N–H and O–H groups in total. The van der Waals surface area contributed by atoms with Gasteiger partial charge in [0.05, 0.1) is 0 Å². The number of rotatable bonds is 24. The summed E-state index contributed by atoms with van der Waals surface area (Å²) in [6.45, 7) is 7.80. The third-order valence-corrected chi connectivity index (χ3v) is 7.04. The highest BCUT2D eigenvalue weighted by Crippen LogP contribution is 2.15. The van der Waals surface area contributed by atoms with E-state index in [2.05, 4.69) is 25.6 Å². The molecule has 0 amide bonds. The first kappa shape index (κ1) is 38.8. The fraction of sp³-hybridized carbons (Fsp3) is 0.933. The van der Waals surface area contributed by atoms with Gasteiger partial charge in [-0.2, -0.15) is 11.8 Å². The summed E-state index contributed by atoms with van der Waals surface area (Å²) in [4.78, 5) is 18.7. The zero-order valence-corrected chi connectivity index (χ0v) is 24.9. The Labute approximate surface area is 223 Å². The fourth-order valence-corrected chi connectivity index (χ4v) is 4.51. The number of unbranched alkanes of at least 4 members (excludes halogenated alkanes) is 18. The highest BCUT2D eigenvalue weighted by Gasteiger charge is 1.95. The molecule has 0 fully saturated rings. The van der Waals surface area contributed by atoms with Gasteiger partial charge in [-0.3, -0.25) is 9.59 Å². The van der Waals surface area contributed by atoms with Crippen LogP contribution in [0.1, 0.15) is 169 Å². The van der Waals surface area contributed by atoms with Crippen LogP contribution in [0.15, 0.2) is 0 Å². The van der Waals surface area contributed by atoms with Crippen molar-refractivity contribution in [2.24, 2.45) is 0 Å². The lowest BCUT2D eigenvalue weighted by molar-refractivity contribution is -0.137. The van der Waals surface area contributed by atoms with Gasteiger partial charge in [-0.15, -0.1) is 0 Å². The second kappa shape index (κ2) is 37.8. The molecular formula is C30H62O4S. The van der Waals surface area contributed by atoms with Crippen molar-refractivity contribution in [2.75, 3.05) is 11.5 Å². The van der Waals surface area contributed by atoms with E-state index in [0.717, 1.165) is 0 Å². The molecule has 0 saturated carbocycles. The molecule has 0 heterocycles. The number of hydrogen-bond acceptors (Lipinski definition) is 3. The van der Waals surface area contributed by atoms with E-state index >= 15 is 0 Å². The van der Waals surface area contributed by atoms with Crippen molar-refractivity contribution in [1.29, 1.82) is 0 Å². The number of thioether (sulfide) groups is 1.